The first-order chi connectivity index (χ1) is 13.6. The van der Waals surface area contributed by atoms with E-state index in [-0.39, 0.29) is 18.6 Å². The van der Waals surface area contributed by atoms with E-state index in [1.165, 1.54) is 0 Å². The van der Waals surface area contributed by atoms with Crippen molar-refractivity contribution >= 4 is 17.5 Å². The highest BCUT2D eigenvalue weighted by Gasteiger charge is 2.15. The van der Waals surface area contributed by atoms with Crippen LogP contribution in [0.1, 0.15) is 13.8 Å². The van der Waals surface area contributed by atoms with Gasteiger partial charge in [-0.1, -0.05) is 19.9 Å². The third-order valence-corrected chi connectivity index (χ3v) is 4.36. The molecule has 7 nitrogen and oxygen atoms in total. The summed E-state index contributed by atoms with van der Waals surface area (Å²) >= 11 is 0. The molecule has 3 rings (SSSR count). The lowest BCUT2D eigenvalue weighted by atomic mass is 10.1. The fourth-order valence-electron chi connectivity index (χ4n) is 2.68. The summed E-state index contributed by atoms with van der Waals surface area (Å²) in [4.78, 5) is 13.3. The highest BCUT2D eigenvalue weighted by atomic mass is 16.5. The zero-order chi connectivity index (χ0) is 19.9. The Bertz CT molecular complexity index is 902. The average molecular weight is 379 g/mol. The zero-order valence-electron chi connectivity index (χ0n) is 16.3. The summed E-state index contributed by atoms with van der Waals surface area (Å²) in [6.07, 6.45) is 3.45. The normalized spacial score (nSPS) is 11.9. The number of pyridine rings is 1. The lowest BCUT2D eigenvalue weighted by molar-refractivity contribution is 0.248. The molecule has 0 radical (unpaired) electrons. The minimum absolute atomic E-state index is 0.000836. The minimum atomic E-state index is -0.141. The first-order valence-electron chi connectivity index (χ1n) is 9.17. The summed E-state index contributed by atoms with van der Waals surface area (Å²) in [6, 6.07) is 13.2. The topological polar surface area (TPSA) is 92.2 Å². The lowest BCUT2D eigenvalue weighted by Gasteiger charge is -2.20. The highest BCUT2D eigenvalue weighted by molar-refractivity contribution is 5.67. The van der Waals surface area contributed by atoms with Crippen molar-refractivity contribution in [3.8, 4) is 17.0 Å². The minimum Gasteiger partial charge on any atom is -0.497 e. The van der Waals surface area contributed by atoms with Gasteiger partial charge in [0.1, 0.15) is 11.6 Å². The third kappa shape index (κ3) is 4.95. The van der Waals surface area contributed by atoms with Crippen LogP contribution >= 0.6 is 0 Å². The molecule has 0 unspecified atom stereocenters. The van der Waals surface area contributed by atoms with Gasteiger partial charge in [0.15, 0.2) is 0 Å². The molecule has 3 N–H and O–H groups in total. The number of benzene rings is 1. The average Bonchev–Trinajstić information content (AvgIpc) is 2.72. The van der Waals surface area contributed by atoms with Crippen molar-refractivity contribution in [3.63, 3.8) is 0 Å². The number of nitrogens with zero attached hydrogens (tertiary/aromatic N) is 3. The van der Waals surface area contributed by atoms with E-state index >= 15 is 0 Å². The summed E-state index contributed by atoms with van der Waals surface area (Å²) in [7, 11) is 1.63. The molecule has 0 amide bonds. The molecule has 0 bridgehead atoms. The maximum absolute atomic E-state index is 9.65. The van der Waals surface area contributed by atoms with E-state index < -0.39 is 0 Å². The summed E-state index contributed by atoms with van der Waals surface area (Å²) in [5.41, 5.74) is 2.54. The Labute approximate surface area is 164 Å². The molecule has 7 heteroatoms. The molecule has 0 spiro atoms. The quantitative estimate of drug-likeness (QED) is 0.549. The van der Waals surface area contributed by atoms with Gasteiger partial charge in [-0.05, 0) is 30.2 Å². The highest BCUT2D eigenvalue weighted by Crippen LogP contribution is 2.25. The predicted molar refractivity (Wildman–Crippen MR) is 111 cm³/mol. The molecular formula is C21H25N5O2. The fraction of sp³-hybridized carbons (Fsp3) is 0.286. The van der Waals surface area contributed by atoms with Crippen LogP contribution in [-0.2, 0) is 0 Å². The molecule has 2 aromatic heterocycles. The van der Waals surface area contributed by atoms with Crippen LogP contribution in [-0.4, -0.2) is 39.8 Å². The van der Waals surface area contributed by atoms with E-state index in [0.717, 1.165) is 22.7 Å². The lowest BCUT2D eigenvalue weighted by Crippen LogP contribution is -2.30. The monoisotopic (exact) mass is 379 g/mol. The van der Waals surface area contributed by atoms with Crippen LogP contribution in [0.4, 0.5) is 17.5 Å². The van der Waals surface area contributed by atoms with Gasteiger partial charge in [-0.2, -0.15) is 4.98 Å². The number of nitrogens with one attached hydrogen (secondary N) is 2. The Hall–Kier alpha value is -3.19. The summed E-state index contributed by atoms with van der Waals surface area (Å²) in [6.45, 7) is 4.07. The van der Waals surface area contributed by atoms with Crippen LogP contribution < -0.4 is 15.4 Å². The number of aliphatic hydroxyl groups excluding tert-OH is 1. The molecule has 0 saturated carbocycles. The standard InChI is InChI=1S/C21H25N5O2/c1-14(2)19(13-27)25-21-24-18(15-7-9-22-10-8-15)12-20(26-21)23-16-5-4-6-17(11-16)28-3/h4-12,14,19,27H,13H2,1-3H3,(H2,23,24,25,26)/t19-/m0/s1. The second-order valence-electron chi connectivity index (χ2n) is 6.73. The van der Waals surface area contributed by atoms with E-state index in [0.29, 0.717) is 11.8 Å². The smallest absolute Gasteiger partial charge is 0.225 e. The van der Waals surface area contributed by atoms with E-state index in [1.54, 1.807) is 19.5 Å². The molecule has 1 atom stereocenters. The van der Waals surface area contributed by atoms with Crippen LogP contribution in [0.2, 0.25) is 0 Å². The molecular weight excluding hydrogens is 354 g/mol. The largest absolute Gasteiger partial charge is 0.497 e. The van der Waals surface area contributed by atoms with E-state index in [1.807, 2.05) is 56.3 Å². The zero-order valence-corrected chi connectivity index (χ0v) is 16.3. The number of methoxy groups -OCH3 is 1. The number of aliphatic hydroxyl groups is 1. The summed E-state index contributed by atoms with van der Waals surface area (Å²) in [5, 5.41) is 16.2. The maximum Gasteiger partial charge on any atom is 0.225 e. The first-order valence-corrected chi connectivity index (χ1v) is 9.17. The molecule has 0 saturated heterocycles. The molecule has 0 fully saturated rings. The SMILES string of the molecule is COc1cccc(Nc2cc(-c3ccncc3)nc(N[C@@H](CO)C(C)C)n2)c1. The number of aromatic nitrogens is 3. The van der Waals surface area contributed by atoms with Gasteiger partial charge in [-0.15, -0.1) is 0 Å². The first kappa shape index (κ1) is 19.6. The maximum atomic E-state index is 9.65. The molecule has 0 aliphatic heterocycles. The van der Waals surface area contributed by atoms with E-state index in [2.05, 4.69) is 25.6 Å². The number of hydrogen-bond acceptors (Lipinski definition) is 7. The van der Waals surface area contributed by atoms with Crippen molar-refractivity contribution in [1.82, 2.24) is 15.0 Å². The Morgan fingerprint density at radius 1 is 1.07 bits per heavy atom. The molecule has 3 aromatic rings. The van der Waals surface area contributed by atoms with Gasteiger partial charge in [-0.3, -0.25) is 4.98 Å². The molecule has 146 valence electrons. The van der Waals surface area contributed by atoms with E-state index in [4.69, 9.17) is 4.74 Å². The molecule has 2 heterocycles. The van der Waals surface area contributed by atoms with Gasteiger partial charge in [0.05, 0.1) is 25.5 Å². The van der Waals surface area contributed by atoms with Crippen molar-refractivity contribution in [2.75, 3.05) is 24.4 Å². The van der Waals surface area contributed by atoms with Crippen LogP contribution in [0.15, 0.2) is 54.9 Å². The van der Waals surface area contributed by atoms with Crippen LogP contribution in [0, 0.1) is 5.92 Å². The molecule has 0 aliphatic carbocycles. The Balaban J connectivity index is 1.96. The third-order valence-electron chi connectivity index (χ3n) is 4.36. The van der Waals surface area contributed by atoms with Crippen molar-refractivity contribution < 1.29 is 9.84 Å². The van der Waals surface area contributed by atoms with Gasteiger partial charge in [-0.25, -0.2) is 4.98 Å². The van der Waals surface area contributed by atoms with Crippen molar-refractivity contribution in [1.29, 1.82) is 0 Å². The van der Waals surface area contributed by atoms with Crippen LogP contribution in [0.3, 0.4) is 0 Å². The Morgan fingerprint density at radius 3 is 2.54 bits per heavy atom. The fourth-order valence-corrected chi connectivity index (χ4v) is 2.68. The predicted octanol–water partition coefficient (Wildman–Crippen LogP) is 3.72. The van der Waals surface area contributed by atoms with Gasteiger partial charge >= 0.3 is 0 Å². The molecule has 0 aliphatic rings. The van der Waals surface area contributed by atoms with Gasteiger partial charge in [0.25, 0.3) is 0 Å². The Kier molecular flexibility index (Phi) is 6.39. The number of ether oxygens (including phenoxy) is 1. The Morgan fingerprint density at radius 2 is 1.86 bits per heavy atom. The van der Waals surface area contributed by atoms with Crippen molar-refractivity contribution in [3.05, 3.63) is 54.9 Å². The summed E-state index contributed by atoms with van der Waals surface area (Å²) < 4.78 is 5.28. The van der Waals surface area contributed by atoms with E-state index in [9.17, 15) is 5.11 Å². The van der Waals surface area contributed by atoms with Crippen molar-refractivity contribution in [2.45, 2.75) is 19.9 Å². The second kappa shape index (κ2) is 9.14. The number of rotatable bonds is 8. The van der Waals surface area contributed by atoms with Crippen LogP contribution in [0.5, 0.6) is 5.75 Å². The van der Waals surface area contributed by atoms with Crippen LogP contribution in [0.25, 0.3) is 11.3 Å². The number of anilines is 3. The number of hydrogen-bond donors (Lipinski definition) is 3. The molecule has 28 heavy (non-hydrogen) atoms. The second-order valence-corrected chi connectivity index (χ2v) is 6.73. The van der Waals surface area contributed by atoms with Crippen molar-refractivity contribution in [2.24, 2.45) is 5.92 Å². The van der Waals surface area contributed by atoms with Gasteiger partial charge < -0.3 is 20.5 Å². The van der Waals surface area contributed by atoms with Gasteiger partial charge in [0.2, 0.25) is 5.95 Å². The summed E-state index contributed by atoms with van der Waals surface area (Å²) in [5.74, 6) is 2.07. The van der Waals surface area contributed by atoms with Gasteiger partial charge in [0, 0.05) is 35.8 Å². The molecule has 1 aromatic carbocycles.